The van der Waals surface area contributed by atoms with Gasteiger partial charge >= 0.3 is 12.3 Å². The second-order valence-electron chi connectivity index (χ2n) is 14.4. The van der Waals surface area contributed by atoms with Crippen molar-refractivity contribution in [3.8, 4) is 11.5 Å². The van der Waals surface area contributed by atoms with E-state index in [-0.39, 0.29) is 31.4 Å². The lowest BCUT2D eigenvalue weighted by atomic mass is 9.49. The van der Waals surface area contributed by atoms with Gasteiger partial charge in [0.15, 0.2) is 0 Å². The van der Waals surface area contributed by atoms with E-state index in [1.165, 1.54) is 4.90 Å². The van der Waals surface area contributed by atoms with Crippen molar-refractivity contribution in [2.24, 2.45) is 23.7 Å². The van der Waals surface area contributed by atoms with Crippen LogP contribution in [0.5, 0.6) is 11.5 Å². The normalized spacial score (nSPS) is 26.3. The number of anilines is 1. The van der Waals surface area contributed by atoms with Gasteiger partial charge in [0.2, 0.25) is 11.8 Å². The van der Waals surface area contributed by atoms with Gasteiger partial charge in [-0.1, -0.05) is 66.1 Å². The van der Waals surface area contributed by atoms with E-state index in [9.17, 15) is 37.5 Å². The molecule has 2 aliphatic carbocycles. The third-order valence-electron chi connectivity index (χ3n) is 11.3. The Morgan fingerprint density at radius 2 is 1.65 bits per heavy atom. The van der Waals surface area contributed by atoms with Crippen LogP contribution in [-0.2, 0) is 29.4 Å². The lowest BCUT2D eigenvalue weighted by Gasteiger charge is -2.50. The summed E-state index contributed by atoms with van der Waals surface area (Å²) in [4.78, 5) is 70.1. The highest BCUT2D eigenvalue weighted by Crippen LogP contribution is 2.65. The molecule has 14 heteroatoms. The van der Waals surface area contributed by atoms with Crippen LogP contribution in [-0.4, -0.2) is 62.6 Å². The number of fused-ring (bicyclic) bond motifs is 4. The summed E-state index contributed by atoms with van der Waals surface area (Å²) in [6.07, 6.45) is -2.10. The number of halogens is 3. The Kier molecular flexibility index (Phi) is 9.48. The highest BCUT2D eigenvalue weighted by atomic mass is 19.4. The van der Waals surface area contributed by atoms with Crippen LogP contribution in [0.25, 0.3) is 0 Å². The quantitative estimate of drug-likeness (QED) is 0.118. The maximum absolute atomic E-state index is 15.2. The highest BCUT2D eigenvalue weighted by Gasteiger charge is 2.70. The number of benzene rings is 3. The van der Waals surface area contributed by atoms with E-state index in [2.05, 4.69) is 10.2 Å². The average molecular weight is 746 g/mol. The van der Waals surface area contributed by atoms with Crippen LogP contribution >= 0.6 is 0 Å². The number of alkyl halides is 3. The van der Waals surface area contributed by atoms with Crippen LogP contribution in [0.4, 0.5) is 18.9 Å². The third kappa shape index (κ3) is 6.26. The predicted molar refractivity (Wildman–Crippen MR) is 186 cm³/mol. The van der Waals surface area contributed by atoms with Crippen molar-refractivity contribution in [1.82, 2.24) is 9.91 Å². The Hall–Kier alpha value is -5.66. The number of phenols is 1. The zero-order chi connectivity index (χ0) is 38.5. The molecule has 54 heavy (non-hydrogen) atoms. The number of hydrogen-bond acceptors (Lipinski definition) is 8. The molecule has 6 atom stereocenters. The molecule has 3 fully saturated rings. The molecule has 11 nitrogen and oxygen atoms in total. The molecule has 4 amide bonds. The first kappa shape index (κ1) is 36.7. The number of hydrogen-bond donors (Lipinski definition) is 3. The summed E-state index contributed by atoms with van der Waals surface area (Å²) in [7, 11) is 0. The van der Waals surface area contributed by atoms with Gasteiger partial charge in [0, 0.05) is 24.4 Å². The number of imide groups is 2. The number of likely N-dealkylation sites (tertiary alicyclic amines) is 1. The maximum atomic E-state index is 15.2. The van der Waals surface area contributed by atoms with E-state index < -0.39 is 82.5 Å². The minimum atomic E-state index is -5.08. The number of aliphatic carboxylic acids is 1. The Morgan fingerprint density at radius 1 is 0.926 bits per heavy atom. The molecule has 4 aliphatic rings. The van der Waals surface area contributed by atoms with Gasteiger partial charge in [0.05, 0.1) is 28.9 Å². The molecule has 2 saturated heterocycles. The third-order valence-corrected chi connectivity index (χ3v) is 11.3. The summed E-state index contributed by atoms with van der Waals surface area (Å²) >= 11 is 0. The van der Waals surface area contributed by atoms with Crippen molar-refractivity contribution in [2.75, 3.05) is 12.0 Å². The van der Waals surface area contributed by atoms with Gasteiger partial charge in [-0.05, 0) is 74.4 Å². The standard InChI is InChI=1S/C40H38F3N3O8/c1-22-11-13-24(14-12-22)44-46-36(51)30-21-28-26(16-17-27-33(28)37(52)45(35(27)50)19-7-3-6-10-32(48)49)34(39(30,38(46)53)23-8-4-2-5-9-23)29-20-25(15-18-31(29)47)54-40(41,42)43/h2,4-5,8-9,11-16,18,20,27-28,30,33-34,44,47H,3,6-7,10,17,19,21H2,1H3,(H,48,49)/t27-,28+,30-,33-,34+,39+/m0/s1. The van der Waals surface area contributed by atoms with E-state index in [1.54, 1.807) is 60.7 Å². The Balaban J connectivity index is 1.37. The van der Waals surface area contributed by atoms with Crippen molar-refractivity contribution in [3.05, 3.63) is 101 Å². The van der Waals surface area contributed by atoms with Gasteiger partial charge in [-0.15, -0.1) is 13.2 Å². The number of carbonyl (C=O) groups excluding carboxylic acids is 4. The second-order valence-corrected chi connectivity index (χ2v) is 14.4. The van der Waals surface area contributed by atoms with E-state index in [0.717, 1.165) is 28.8 Å². The Bertz CT molecular complexity index is 2040. The van der Waals surface area contributed by atoms with Gasteiger partial charge in [-0.2, -0.15) is 5.01 Å². The number of unbranched alkanes of at least 4 members (excludes halogenated alkanes) is 2. The molecule has 2 aliphatic heterocycles. The van der Waals surface area contributed by atoms with Crippen LogP contribution in [0, 0.1) is 30.6 Å². The Morgan fingerprint density at radius 3 is 2.33 bits per heavy atom. The van der Waals surface area contributed by atoms with E-state index in [0.29, 0.717) is 36.1 Å². The molecule has 3 N–H and O–H groups in total. The molecule has 3 aromatic carbocycles. The highest BCUT2D eigenvalue weighted by molar-refractivity contribution is 6.13. The second kappa shape index (κ2) is 14.0. The minimum absolute atomic E-state index is 0.0416. The molecule has 1 saturated carbocycles. The van der Waals surface area contributed by atoms with Gasteiger partial charge in [-0.3, -0.25) is 34.3 Å². The van der Waals surface area contributed by atoms with E-state index in [1.807, 2.05) is 6.92 Å². The number of nitrogens with one attached hydrogen (secondary N) is 1. The van der Waals surface area contributed by atoms with Crippen LogP contribution in [0.2, 0.25) is 0 Å². The summed E-state index contributed by atoms with van der Waals surface area (Å²) in [5, 5.41) is 21.4. The zero-order valence-electron chi connectivity index (χ0n) is 29.2. The van der Waals surface area contributed by atoms with E-state index in [4.69, 9.17) is 5.11 Å². The average Bonchev–Trinajstić information content (AvgIpc) is 3.50. The van der Waals surface area contributed by atoms with Crippen molar-refractivity contribution >= 4 is 35.3 Å². The van der Waals surface area contributed by atoms with E-state index >= 15 is 4.79 Å². The number of allylic oxidation sites excluding steroid dienone is 2. The molecule has 0 bridgehead atoms. The molecule has 0 unspecified atom stereocenters. The number of aryl methyl sites for hydroxylation is 1. The minimum Gasteiger partial charge on any atom is -0.508 e. The van der Waals surface area contributed by atoms with Crippen LogP contribution < -0.4 is 10.2 Å². The zero-order valence-corrected chi connectivity index (χ0v) is 29.2. The molecule has 7 rings (SSSR count). The Labute approximate surface area is 308 Å². The number of aromatic hydroxyl groups is 1. The number of carbonyl (C=O) groups is 5. The molecule has 282 valence electrons. The van der Waals surface area contributed by atoms with Gasteiger partial charge < -0.3 is 14.9 Å². The van der Waals surface area contributed by atoms with Crippen molar-refractivity contribution in [3.63, 3.8) is 0 Å². The number of nitrogens with zero attached hydrogens (tertiary/aromatic N) is 2. The summed E-state index contributed by atoms with van der Waals surface area (Å²) in [5.41, 5.74) is 3.23. The number of amides is 4. The first-order valence-corrected chi connectivity index (χ1v) is 17.8. The summed E-state index contributed by atoms with van der Waals surface area (Å²) in [6.45, 7) is 1.96. The molecule has 3 aromatic rings. The first-order valence-electron chi connectivity index (χ1n) is 17.8. The monoisotopic (exact) mass is 745 g/mol. The summed E-state index contributed by atoms with van der Waals surface area (Å²) in [6, 6.07) is 18.4. The van der Waals surface area contributed by atoms with Crippen LogP contribution in [0.15, 0.2) is 84.4 Å². The van der Waals surface area contributed by atoms with Crippen molar-refractivity contribution < 1.29 is 52.1 Å². The van der Waals surface area contributed by atoms with Crippen molar-refractivity contribution in [2.45, 2.75) is 63.1 Å². The van der Waals surface area contributed by atoms with Gasteiger partial charge in [-0.25, -0.2) is 0 Å². The van der Waals surface area contributed by atoms with Gasteiger partial charge in [0.1, 0.15) is 11.5 Å². The number of carboxylic acid groups (broad SMARTS) is 1. The molecular formula is C40H38F3N3O8. The number of rotatable bonds is 11. The van der Waals surface area contributed by atoms with Crippen LogP contribution in [0.3, 0.4) is 0 Å². The molecule has 2 heterocycles. The lowest BCUT2D eigenvalue weighted by Crippen LogP contribution is -2.53. The largest absolute Gasteiger partial charge is 0.573 e. The fourth-order valence-electron chi connectivity index (χ4n) is 9.06. The number of phenolic OH excluding ortho intramolecular Hbond substituents is 1. The fraction of sp³-hybridized carbons (Fsp3) is 0.375. The lowest BCUT2D eigenvalue weighted by molar-refractivity contribution is -0.274. The smallest absolute Gasteiger partial charge is 0.508 e. The number of hydrazine groups is 1. The SMILES string of the molecule is Cc1ccc(NN2C(=O)[C@@H]3C[C@@H]4C(=CC[C@@H]5C(=O)N(CCCCCC(=O)O)C(=O)[C@@H]54)[C@H](c4cc(OC(F)(F)F)ccc4O)[C@]3(c3ccccc3)C2=O)cc1. The maximum Gasteiger partial charge on any atom is 0.573 e. The van der Waals surface area contributed by atoms with Crippen molar-refractivity contribution in [1.29, 1.82) is 0 Å². The molecule has 0 spiro atoms. The van der Waals surface area contributed by atoms with Gasteiger partial charge in [0.25, 0.3) is 11.8 Å². The molecule has 0 radical (unpaired) electrons. The first-order chi connectivity index (χ1) is 25.7. The summed E-state index contributed by atoms with van der Waals surface area (Å²) in [5.74, 6) is -9.21. The molecular weight excluding hydrogens is 707 g/mol. The number of carboxylic acids is 1. The molecule has 0 aromatic heterocycles. The number of ether oxygens (including phenoxy) is 1. The fourth-order valence-corrected chi connectivity index (χ4v) is 9.06. The predicted octanol–water partition coefficient (Wildman–Crippen LogP) is 6.23. The summed E-state index contributed by atoms with van der Waals surface area (Å²) < 4.78 is 44.9. The van der Waals surface area contributed by atoms with Crippen LogP contribution in [0.1, 0.15) is 61.1 Å². The topological polar surface area (TPSA) is 154 Å².